The first-order valence-electron chi connectivity index (χ1n) is 12.6. The summed E-state index contributed by atoms with van der Waals surface area (Å²) in [6, 6.07) is 33.9. The summed E-state index contributed by atoms with van der Waals surface area (Å²) >= 11 is 0. The standard InChI is InChI=1S/C33H28N3O.Pt/c1-4-22-18-19-34-31(20-22)33(2,3)24-11-9-10-23(21-24)27-17-16-26-25-12-5-6-13-28(25)36(32(26)35-27)29-14-7-8-15-30(29)37;/h5-20,37H,4H2,1-3H3;/q-1;. The zero-order chi connectivity index (χ0) is 25.6. The second-order valence-electron chi connectivity index (χ2n) is 9.91. The quantitative estimate of drug-likeness (QED) is 0.191. The Morgan fingerprint density at radius 3 is 2.47 bits per heavy atom. The molecule has 0 unspecified atom stereocenters. The summed E-state index contributed by atoms with van der Waals surface area (Å²) in [5.41, 5.74) is 7.33. The van der Waals surface area contributed by atoms with E-state index in [-0.39, 0.29) is 32.2 Å². The minimum absolute atomic E-state index is 0. The number of nitrogens with zero attached hydrogens (tertiary/aromatic N) is 3. The van der Waals surface area contributed by atoms with E-state index >= 15 is 0 Å². The Labute approximate surface area is 237 Å². The average Bonchev–Trinajstić information content (AvgIpc) is 3.27. The second kappa shape index (κ2) is 10.2. The molecule has 6 aromatic rings. The molecule has 3 aromatic heterocycles. The van der Waals surface area contributed by atoms with Gasteiger partial charge in [-0.25, -0.2) is 0 Å². The van der Waals surface area contributed by atoms with Gasteiger partial charge in [0, 0.05) is 49.1 Å². The Morgan fingerprint density at radius 1 is 0.868 bits per heavy atom. The molecule has 192 valence electrons. The summed E-state index contributed by atoms with van der Waals surface area (Å²) in [5, 5.41) is 12.8. The maximum atomic E-state index is 10.7. The van der Waals surface area contributed by atoms with E-state index in [2.05, 4.69) is 81.4 Å². The number of para-hydroxylation sites is 3. The first kappa shape index (κ1) is 25.9. The topological polar surface area (TPSA) is 50.9 Å². The van der Waals surface area contributed by atoms with Gasteiger partial charge in [-0.05, 0) is 48.0 Å². The first-order chi connectivity index (χ1) is 18.0. The molecule has 0 spiro atoms. The van der Waals surface area contributed by atoms with Crippen molar-refractivity contribution >= 4 is 21.9 Å². The SMILES string of the molecule is CCc1ccnc(C(C)(C)c2[c-]c(-c3ccc4c5ccccc5n(-c5ccccc5O)c4n3)ccc2)c1.[Pt]. The van der Waals surface area contributed by atoms with Crippen molar-refractivity contribution in [1.29, 1.82) is 0 Å². The number of rotatable bonds is 5. The van der Waals surface area contributed by atoms with Crippen LogP contribution in [0.4, 0.5) is 0 Å². The summed E-state index contributed by atoms with van der Waals surface area (Å²) in [6.45, 7) is 6.54. The van der Waals surface area contributed by atoms with Gasteiger partial charge in [0.05, 0.1) is 11.2 Å². The van der Waals surface area contributed by atoms with E-state index in [0.29, 0.717) is 5.69 Å². The summed E-state index contributed by atoms with van der Waals surface area (Å²) in [7, 11) is 0. The van der Waals surface area contributed by atoms with Crippen LogP contribution in [-0.2, 0) is 32.9 Å². The molecule has 1 N–H and O–H groups in total. The molecule has 0 aliphatic heterocycles. The van der Waals surface area contributed by atoms with Crippen molar-refractivity contribution in [2.45, 2.75) is 32.6 Å². The third-order valence-electron chi connectivity index (χ3n) is 7.26. The molecule has 4 nitrogen and oxygen atoms in total. The van der Waals surface area contributed by atoms with E-state index in [0.717, 1.165) is 50.9 Å². The number of fused-ring (bicyclic) bond motifs is 3. The number of hydrogen-bond acceptors (Lipinski definition) is 3. The van der Waals surface area contributed by atoms with Gasteiger partial charge in [0.2, 0.25) is 0 Å². The molecule has 0 saturated heterocycles. The first-order valence-corrected chi connectivity index (χ1v) is 12.6. The Hall–Kier alpha value is -3.75. The van der Waals surface area contributed by atoms with Gasteiger partial charge < -0.3 is 5.11 Å². The predicted molar refractivity (Wildman–Crippen MR) is 150 cm³/mol. The fourth-order valence-corrected chi connectivity index (χ4v) is 5.04. The average molecular weight is 678 g/mol. The van der Waals surface area contributed by atoms with Gasteiger partial charge in [0.1, 0.15) is 11.4 Å². The van der Waals surface area contributed by atoms with Crippen molar-refractivity contribution in [3.63, 3.8) is 0 Å². The minimum Gasteiger partial charge on any atom is -0.506 e. The van der Waals surface area contributed by atoms with Crippen molar-refractivity contribution in [1.82, 2.24) is 14.5 Å². The van der Waals surface area contributed by atoms with Crippen LogP contribution in [0, 0.1) is 6.07 Å². The molecule has 6 rings (SSSR count). The number of benzene rings is 3. The molecule has 0 amide bonds. The summed E-state index contributed by atoms with van der Waals surface area (Å²) < 4.78 is 2.04. The van der Waals surface area contributed by atoms with E-state index < -0.39 is 0 Å². The molecule has 0 saturated carbocycles. The number of hydrogen-bond donors (Lipinski definition) is 1. The van der Waals surface area contributed by atoms with E-state index in [1.165, 1.54) is 5.56 Å². The fraction of sp³-hybridized carbons (Fsp3) is 0.152. The van der Waals surface area contributed by atoms with Crippen molar-refractivity contribution < 1.29 is 26.2 Å². The maximum Gasteiger partial charge on any atom is 0.139 e. The van der Waals surface area contributed by atoms with Gasteiger partial charge in [-0.2, -0.15) is 0 Å². The smallest absolute Gasteiger partial charge is 0.139 e. The van der Waals surface area contributed by atoms with Crippen LogP contribution < -0.4 is 0 Å². The van der Waals surface area contributed by atoms with Crippen molar-refractivity contribution in [3.8, 4) is 22.7 Å². The molecule has 3 aromatic carbocycles. The van der Waals surface area contributed by atoms with Crippen LogP contribution in [0.5, 0.6) is 5.75 Å². The number of aromatic hydroxyl groups is 1. The molecule has 0 radical (unpaired) electrons. The Kier molecular flexibility index (Phi) is 6.94. The third-order valence-corrected chi connectivity index (χ3v) is 7.26. The summed E-state index contributed by atoms with van der Waals surface area (Å²) in [4.78, 5) is 9.82. The Bertz CT molecular complexity index is 1770. The monoisotopic (exact) mass is 677 g/mol. The molecular formula is C33H28N3OPt-. The van der Waals surface area contributed by atoms with E-state index in [9.17, 15) is 5.11 Å². The van der Waals surface area contributed by atoms with Crippen LogP contribution in [0.25, 0.3) is 38.9 Å². The third kappa shape index (κ3) is 4.33. The predicted octanol–water partition coefficient (Wildman–Crippen LogP) is 7.63. The number of phenolic OH excluding ortho intramolecular Hbond substituents is 1. The van der Waals surface area contributed by atoms with Crippen LogP contribution in [0.15, 0.2) is 97.2 Å². The van der Waals surface area contributed by atoms with Crippen LogP contribution >= 0.6 is 0 Å². The van der Waals surface area contributed by atoms with Gasteiger partial charge in [-0.15, -0.1) is 35.4 Å². The molecular weight excluding hydrogens is 649 g/mol. The van der Waals surface area contributed by atoms with Crippen LogP contribution in [0.2, 0.25) is 0 Å². The Balaban J connectivity index is 0.00000294. The van der Waals surface area contributed by atoms with Gasteiger partial charge in [-0.1, -0.05) is 63.2 Å². The van der Waals surface area contributed by atoms with Crippen LogP contribution in [0.3, 0.4) is 0 Å². The van der Waals surface area contributed by atoms with Gasteiger partial charge in [-0.3, -0.25) is 14.5 Å². The second-order valence-corrected chi connectivity index (χ2v) is 9.91. The van der Waals surface area contributed by atoms with E-state index in [4.69, 9.17) is 9.97 Å². The number of pyridine rings is 2. The Morgan fingerprint density at radius 2 is 1.66 bits per heavy atom. The fourth-order valence-electron chi connectivity index (χ4n) is 5.04. The molecule has 3 heterocycles. The number of phenols is 1. The molecule has 0 fully saturated rings. The maximum absolute atomic E-state index is 10.7. The van der Waals surface area contributed by atoms with Crippen molar-refractivity contribution in [2.24, 2.45) is 0 Å². The van der Waals surface area contributed by atoms with Crippen LogP contribution in [-0.4, -0.2) is 19.6 Å². The molecule has 0 aliphatic rings. The van der Waals surface area contributed by atoms with E-state index in [1.807, 2.05) is 41.1 Å². The molecule has 0 bridgehead atoms. The molecule has 0 aliphatic carbocycles. The number of aromatic nitrogens is 3. The minimum atomic E-state index is -0.310. The normalized spacial score (nSPS) is 11.6. The summed E-state index contributed by atoms with van der Waals surface area (Å²) in [5.74, 6) is 0.217. The van der Waals surface area contributed by atoms with Crippen molar-refractivity contribution in [3.05, 3.63) is 120 Å². The number of aryl methyl sites for hydroxylation is 1. The molecule has 5 heteroatoms. The van der Waals surface area contributed by atoms with Gasteiger partial charge >= 0.3 is 0 Å². The van der Waals surface area contributed by atoms with Crippen molar-refractivity contribution in [2.75, 3.05) is 0 Å². The van der Waals surface area contributed by atoms with E-state index in [1.54, 1.807) is 6.07 Å². The van der Waals surface area contributed by atoms with Gasteiger partial charge in [0.25, 0.3) is 0 Å². The van der Waals surface area contributed by atoms with Gasteiger partial charge in [0.15, 0.2) is 0 Å². The largest absolute Gasteiger partial charge is 0.506 e. The molecule has 38 heavy (non-hydrogen) atoms. The zero-order valence-electron chi connectivity index (χ0n) is 21.5. The van der Waals surface area contributed by atoms with Crippen LogP contribution in [0.1, 0.15) is 37.6 Å². The summed E-state index contributed by atoms with van der Waals surface area (Å²) in [6.07, 6.45) is 2.87. The molecule has 0 atom stereocenters. The zero-order valence-corrected chi connectivity index (χ0v) is 23.8.